The predicted octanol–water partition coefficient (Wildman–Crippen LogP) is 3.95. The summed E-state index contributed by atoms with van der Waals surface area (Å²) >= 11 is 2.84. The molecule has 7 nitrogen and oxygen atoms in total. The number of carbonyl (C=O) groups is 1. The molecule has 4 rings (SSSR count). The molecule has 174 valence electrons. The molecule has 2 N–H and O–H groups in total. The molecule has 2 aromatic carbocycles. The highest BCUT2D eigenvalue weighted by molar-refractivity contribution is 8.01. The van der Waals surface area contributed by atoms with Gasteiger partial charge < -0.3 is 15.4 Å². The highest BCUT2D eigenvalue weighted by atomic mass is 32.2. The monoisotopic (exact) mass is 483 g/mol. The second kappa shape index (κ2) is 12.1. The molecule has 1 amide bonds. The van der Waals surface area contributed by atoms with Gasteiger partial charge in [-0.25, -0.2) is 0 Å². The van der Waals surface area contributed by atoms with Crippen molar-refractivity contribution in [1.82, 2.24) is 20.4 Å². The molecule has 0 radical (unpaired) electrons. The summed E-state index contributed by atoms with van der Waals surface area (Å²) in [5, 5.41) is 15.3. The molecule has 0 bridgehead atoms. The molecule has 0 aliphatic carbocycles. The molecule has 33 heavy (non-hydrogen) atoms. The van der Waals surface area contributed by atoms with Crippen molar-refractivity contribution < 1.29 is 9.53 Å². The average Bonchev–Trinajstić information content (AvgIpc) is 3.30. The molecule has 1 aromatic heterocycles. The molecule has 1 atom stereocenters. The van der Waals surface area contributed by atoms with Crippen molar-refractivity contribution in [3.8, 4) is 0 Å². The van der Waals surface area contributed by atoms with Crippen LogP contribution < -0.4 is 10.6 Å². The topological polar surface area (TPSA) is 79.4 Å². The van der Waals surface area contributed by atoms with Crippen LogP contribution in [0.1, 0.15) is 18.1 Å². The van der Waals surface area contributed by atoms with Crippen molar-refractivity contribution in [3.63, 3.8) is 0 Å². The number of thioether (sulfide) groups is 1. The van der Waals surface area contributed by atoms with Crippen LogP contribution >= 0.6 is 23.1 Å². The van der Waals surface area contributed by atoms with Crippen molar-refractivity contribution in [1.29, 1.82) is 0 Å². The quantitative estimate of drug-likeness (QED) is 0.423. The number of aromatic nitrogens is 2. The summed E-state index contributed by atoms with van der Waals surface area (Å²) in [7, 11) is 0. The highest BCUT2D eigenvalue weighted by Gasteiger charge is 2.21. The Morgan fingerprint density at radius 3 is 2.76 bits per heavy atom. The normalized spacial score (nSPS) is 16.5. The Kier molecular flexibility index (Phi) is 8.71. The van der Waals surface area contributed by atoms with Crippen molar-refractivity contribution in [2.24, 2.45) is 0 Å². The molecule has 1 aliphatic rings. The number of rotatable bonds is 10. The molecule has 0 saturated carbocycles. The van der Waals surface area contributed by atoms with E-state index in [1.165, 1.54) is 34.2 Å². The maximum Gasteiger partial charge on any atom is 0.230 e. The van der Waals surface area contributed by atoms with Crippen LogP contribution in [0.25, 0.3) is 0 Å². The zero-order valence-corrected chi connectivity index (χ0v) is 20.3. The molecular weight excluding hydrogens is 454 g/mol. The SMILES string of the molecule is CCc1ccc(Nc2nnc(SCC(=O)NC[C@@H]3CN(Cc4ccccc4)CCO3)s2)cc1. The third kappa shape index (κ3) is 7.53. The third-order valence-corrected chi connectivity index (χ3v) is 7.32. The smallest absolute Gasteiger partial charge is 0.230 e. The molecule has 3 aromatic rings. The van der Waals surface area contributed by atoms with Crippen molar-refractivity contribution in [3.05, 3.63) is 65.7 Å². The highest BCUT2D eigenvalue weighted by Crippen LogP contribution is 2.27. The lowest BCUT2D eigenvalue weighted by molar-refractivity contribution is -0.119. The largest absolute Gasteiger partial charge is 0.374 e. The molecule has 9 heteroatoms. The molecule has 1 aliphatic heterocycles. The zero-order valence-electron chi connectivity index (χ0n) is 18.7. The maximum absolute atomic E-state index is 12.3. The van der Waals surface area contributed by atoms with E-state index < -0.39 is 0 Å². The van der Waals surface area contributed by atoms with Crippen LogP contribution in [0.3, 0.4) is 0 Å². The molecule has 1 saturated heterocycles. The van der Waals surface area contributed by atoms with Crippen LogP contribution in [-0.2, 0) is 22.5 Å². The van der Waals surface area contributed by atoms with E-state index >= 15 is 0 Å². The van der Waals surface area contributed by atoms with Gasteiger partial charge in [0.2, 0.25) is 11.0 Å². The first-order valence-electron chi connectivity index (χ1n) is 11.1. The molecule has 0 spiro atoms. The molecular formula is C24H29N5O2S2. The molecule has 2 heterocycles. The second-order valence-corrected chi connectivity index (χ2v) is 10.1. The van der Waals surface area contributed by atoms with E-state index in [0.717, 1.165) is 41.2 Å². The number of hydrogen-bond donors (Lipinski definition) is 2. The summed E-state index contributed by atoms with van der Waals surface area (Å²) in [6.45, 7) is 5.96. The van der Waals surface area contributed by atoms with Crippen LogP contribution in [0.2, 0.25) is 0 Å². The lowest BCUT2D eigenvalue weighted by Gasteiger charge is -2.33. The summed E-state index contributed by atoms with van der Waals surface area (Å²) in [5.41, 5.74) is 3.57. The van der Waals surface area contributed by atoms with Crippen LogP contribution in [0.15, 0.2) is 58.9 Å². The van der Waals surface area contributed by atoms with Crippen LogP contribution in [-0.4, -0.2) is 59.1 Å². The van der Waals surface area contributed by atoms with E-state index in [0.29, 0.717) is 18.9 Å². The predicted molar refractivity (Wildman–Crippen MR) is 134 cm³/mol. The van der Waals surface area contributed by atoms with E-state index in [1.807, 2.05) is 18.2 Å². The minimum absolute atomic E-state index is 0.00726. The van der Waals surface area contributed by atoms with Crippen molar-refractivity contribution >= 4 is 39.8 Å². The molecule has 0 unspecified atom stereocenters. The second-order valence-electron chi connectivity index (χ2n) is 7.85. The summed E-state index contributed by atoms with van der Waals surface area (Å²) in [6, 6.07) is 18.7. The van der Waals surface area contributed by atoms with Crippen molar-refractivity contribution in [2.45, 2.75) is 30.3 Å². The maximum atomic E-state index is 12.3. The first-order chi connectivity index (χ1) is 16.2. The Morgan fingerprint density at radius 1 is 1.15 bits per heavy atom. The molecule has 1 fully saturated rings. The lowest BCUT2D eigenvalue weighted by atomic mass is 10.1. The number of amides is 1. The van der Waals surface area contributed by atoms with E-state index in [4.69, 9.17) is 4.74 Å². The van der Waals surface area contributed by atoms with E-state index in [1.54, 1.807) is 0 Å². The van der Waals surface area contributed by atoms with Gasteiger partial charge in [0.25, 0.3) is 0 Å². The Balaban J connectivity index is 1.16. The van der Waals surface area contributed by atoms with Gasteiger partial charge in [0.05, 0.1) is 18.5 Å². The summed E-state index contributed by atoms with van der Waals surface area (Å²) in [5.74, 6) is 0.281. The number of ether oxygens (including phenoxy) is 1. The lowest BCUT2D eigenvalue weighted by Crippen LogP contribution is -2.47. The van der Waals surface area contributed by atoms with Crippen molar-refractivity contribution in [2.75, 3.05) is 37.3 Å². The number of carbonyl (C=O) groups excluding carboxylic acids is 1. The van der Waals surface area contributed by atoms with Gasteiger partial charge in [-0.05, 0) is 29.7 Å². The van der Waals surface area contributed by atoms with E-state index in [9.17, 15) is 4.79 Å². The van der Waals surface area contributed by atoms with Gasteiger partial charge in [-0.2, -0.15) is 0 Å². The number of benzene rings is 2. The first kappa shape index (κ1) is 23.7. The van der Waals surface area contributed by atoms with Gasteiger partial charge in [-0.15, -0.1) is 10.2 Å². The first-order valence-corrected chi connectivity index (χ1v) is 12.9. The fourth-order valence-corrected chi connectivity index (χ4v) is 5.16. The fourth-order valence-electron chi connectivity index (χ4n) is 3.56. The Bertz CT molecular complexity index is 1010. The van der Waals surface area contributed by atoms with Gasteiger partial charge in [-0.3, -0.25) is 9.69 Å². The number of morpholine rings is 1. The van der Waals surface area contributed by atoms with E-state index in [2.05, 4.69) is 69.1 Å². The summed E-state index contributed by atoms with van der Waals surface area (Å²) in [6.07, 6.45) is 1.02. The van der Waals surface area contributed by atoms with Gasteiger partial charge in [-0.1, -0.05) is 72.5 Å². The number of nitrogens with zero attached hydrogens (tertiary/aromatic N) is 3. The van der Waals surface area contributed by atoms with Crippen LogP contribution in [0, 0.1) is 0 Å². The Labute approximate surface area is 202 Å². The number of hydrogen-bond acceptors (Lipinski definition) is 8. The zero-order chi connectivity index (χ0) is 22.9. The van der Waals surface area contributed by atoms with E-state index in [-0.39, 0.29) is 12.0 Å². The van der Waals surface area contributed by atoms with Crippen LogP contribution in [0.4, 0.5) is 10.8 Å². The van der Waals surface area contributed by atoms with Gasteiger partial charge in [0.15, 0.2) is 4.34 Å². The standard InChI is InChI=1S/C24H29N5O2S2/c1-2-18-8-10-20(11-9-18)26-23-27-28-24(33-23)32-17-22(30)25-14-21-16-29(12-13-31-21)15-19-6-4-3-5-7-19/h3-11,21H,2,12-17H2,1H3,(H,25,30)(H,26,27)/t21-/m1/s1. The third-order valence-electron chi connectivity index (χ3n) is 5.35. The van der Waals surface area contributed by atoms with Gasteiger partial charge in [0, 0.05) is 31.9 Å². The average molecular weight is 484 g/mol. The minimum Gasteiger partial charge on any atom is -0.374 e. The summed E-state index contributed by atoms with van der Waals surface area (Å²) in [4.78, 5) is 14.7. The van der Waals surface area contributed by atoms with Gasteiger partial charge >= 0.3 is 0 Å². The minimum atomic E-state index is -0.0244. The fraction of sp³-hybridized carbons (Fsp3) is 0.375. The summed E-state index contributed by atoms with van der Waals surface area (Å²) < 4.78 is 6.61. The number of anilines is 2. The van der Waals surface area contributed by atoms with Gasteiger partial charge in [0.1, 0.15) is 0 Å². The number of aryl methyl sites for hydroxylation is 1. The van der Waals surface area contributed by atoms with Crippen LogP contribution in [0.5, 0.6) is 0 Å². The number of nitrogens with one attached hydrogen (secondary N) is 2. The Hall–Kier alpha value is -2.46. The Morgan fingerprint density at radius 2 is 1.97 bits per heavy atom.